The van der Waals surface area contributed by atoms with Gasteiger partial charge in [-0.15, -0.1) is 0 Å². The van der Waals surface area contributed by atoms with Crippen molar-refractivity contribution in [1.29, 1.82) is 0 Å². The minimum Gasteiger partial charge on any atom is -0.490 e. The van der Waals surface area contributed by atoms with Gasteiger partial charge < -0.3 is 19.9 Å². The van der Waals surface area contributed by atoms with Crippen LogP contribution in [0.5, 0.6) is 17.2 Å². The molecule has 0 aromatic heterocycles. The predicted octanol–water partition coefficient (Wildman–Crippen LogP) is 4.07. The van der Waals surface area contributed by atoms with E-state index in [1.54, 1.807) is 0 Å². The van der Waals surface area contributed by atoms with E-state index >= 15 is 0 Å². The summed E-state index contributed by atoms with van der Waals surface area (Å²) < 4.78 is 17.6. The first-order valence-electron chi connectivity index (χ1n) is 7.96. The summed E-state index contributed by atoms with van der Waals surface area (Å²) in [5.74, 6) is 2.16. The molecule has 0 aliphatic carbocycles. The lowest BCUT2D eigenvalue weighted by molar-refractivity contribution is 0.241. The highest BCUT2D eigenvalue weighted by Crippen LogP contribution is 2.42. The molecule has 1 aromatic carbocycles. The Kier molecular flexibility index (Phi) is 7.98. The van der Waals surface area contributed by atoms with Crippen LogP contribution < -0.4 is 19.9 Å². The van der Waals surface area contributed by atoms with Crippen LogP contribution in [0.25, 0.3) is 0 Å². The molecule has 0 heterocycles. The van der Waals surface area contributed by atoms with Gasteiger partial charge in [-0.3, -0.25) is 0 Å². The van der Waals surface area contributed by atoms with Crippen molar-refractivity contribution in [3.05, 3.63) is 17.7 Å². The zero-order valence-corrected chi connectivity index (χ0v) is 13.8. The Hall–Kier alpha value is -1.42. The fraction of sp³-hybridized carbons (Fsp3) is 0.647. The average molecular weight is 295 g/mol. The second-order valence-electron chi connectivity index (χ2n) is 5.15. The van der Waals surface area contributed by atoms with E-state index in [0.29, 0.717) is 25.6 Å². The molecule has 4 heteroatoms. The predicted molar refractivity (Wildman–Crippen MR) is 86.4 cm³/mol. The molecule has 0 saturated heterocycles. The highest BCUT2D eigenvalue weighted by Gasteiger charge is 2.19. The van der Waals surface area contributed by atoms with Crippen LogP contribution in [0.15, 0.2) is 12.1 Å². The van der Waals surface area contributed by atoms with Gasteiger partial charge >= 0.3 is 0 Å². The van der Waals surface area contributed by atoms with Crippen molar-refractivity contribution < 1.29 is 14.2 Å². The largest absolute Gasteiger partial charge is 0.490 e. The standard InChI is InChI=1S/C17H29NO3/c1-5-10-19-15-9-8-14(13(4)18)16(20-11-6-2)17(15)21-12-7-3/h8-9,13H,5-7,10-12,18H2,1-4H3. The van der Waals surface area contributed by atoms with Gasteiger partial charge in [-0.2, -0.15) is 0 Å². The van der Waals surface area contributed by atoms with Crippen molar-refractivity contribution in [2.45, 2.75) is 53.0 Å². The van der Waals surface area contributed by atoms with E-state index in [1.165, 1.54) is 0 Å². The molecule has 0 saturated carbocycles. The van der Waals surface area contributed by atoms with Gasteiger partial charge in [-0.05, 0) is 38.3 Å². The first kappa shape index (κ1) is 17.6. The third kappa shape index (κ3) is 5.12. The molecular weight excluding hydrogens is 266 g/mol. The number of nitrogens with two attached hydrogens (primary N) is 1. The maximum atomic E-state index is 6.06. The molecule has 0 aliphatic rings. The Morgan fingerprint density at radius 3 is 1.90 bits per heavy atom. The van der Waals surface area contributed by atoms with Gasteiger partial charge in [0.2, 0.25) is 5.75 Å². The fourth-order valence-corrected chi connectivity index (χ4v) is 1.94. The van der Waals surface area contributed by atoms with E-state index < -0.39 is 0 Å². The Bertz CT molecular complexity index is 419. The summed E-state index contributed by atoms with van der Waals surface area (Å²) >= 11 is 0. The summed E-state index contributed by atoms with van der Waals surface area (Å²) in [5.41, 5.74) is 7.01. The fourth-order valence-electron chi connectivity index (χ4n) is 1.94. The van der Waals surface area contributed by atoms with E-state index in [9.17, 15) is 0 Å². The first-order chi connectivity index (χ1) is 10.2. The molecule has 1 atom stereocenters. The number of hydrogen-bond donors (Lipinski definition) is 1. The van der Waals surface area contributed by atoms with Gasteiger partial charge in [0.25, 0.3) is 0 Å². The smallest absolute Gasteiger partial charge is 0.203 e. The third-order valence-corrected chi connectivity index (χ3v) is 2.96. The molecule has 0 amide bonds. The van der Waals surface area contributed by atoms with Crippen LogP contribution in [0.3, 0.4) is 0 Å². The summed E-state index contributed by atoms with van der Waals surface area (Å²) in [6, 6.07) is 3.79. The second-order valence-corrected chi connectivity index (χ2v) is 5.15. The van der Waals surface area contributed by atoms with Gasteiger partial charge in [0.1, 0.15) is 0 Å². The van der Waals surface area contributed by atoms with E-state index in [-0.39, 0.29) is 6.04 Å². The van der Waals surface area contributed by atoms with Crippen molar-refractivity contribution in [2.24, 2.45) is 5.73 Å². The summed E-state index contributed by atoms with van der Waals surface area (Å²) in [5, 5.41) is 0. The van der Waals surface area contributed by atoms with Crippen LogP contribution >= 0.6 is 0 Å². The van der Waals surface area contributed by atoms with Crippen molar-refractivity contribution >= 4 is 0 Å². The minimum atomic E-state index is -0.110. The SMILES string of the molecule is CCCOc1ccc(C(C)N)c(OCCC)c1OCCC. The van der Waals surface area contributed by atoms with E-state index in [2.05, 4.69) is 20.8 Å². The Labute approximate surface area is 128 Å². The van der Waals surface area contributed by atoms with Gasteiger partial charge in [-0.25, -0.2) is 0 Å². The van der Waals surface area contributed by atoms with Crippen LogP contribution in [0, 0.1) is 0 Å². The molecule has 0 bridgehead atoms. The van der Waals surface area contributed by atoms with E-state index in [0.717, 1.165) is 36.3 Å². The molecule has 2 N–H and O–H groups in total. The molecule has 120 valence electrons. The lowest BCUT2D eigenvalue weighted by Gasteiger charge is -2.21. The highest BCUT2D eigenvalue weighted by atomic mass is 16.5. The summed E-state index contributed by atoms with van der Waals surface area (Å²) in [7, 11) is 0. The number of benzene rings is 1. The lowest BCUT2D eigenvalue weighted by Crippen LogP contribution is -2.11. The molecule has 4 nitrogen and oxygen atoms in total. The minimum absolute atomic E-state index is 0.110. The normalized spacial score (nSPS) is 12.0. The van der Waals surface area contributed by atoms with E-state index in [4.69, 9.17) is 19.9 Å². The number of ether oxygens (including phenoxy) is 3. The molecule has 1 rings (SSSR count). The Morgan fingerprint density at radius 2 is 1.38 bits per heavy atom. The van der Waals surface area contributed by atoms with Gasteiger partial charge in [0.15, 0.2) is 11.5 Å². The molecule has 0 radical (unpaired) electrons. The van der Waals surface area contributed by atoms with Crippen molar-refractivity contribution in [1.82, 2.24) is 0 Å². The molecule has 21 heavy (non-hydrogen) atoms. The maximum Gasteiger partial charge on any atom is 0.203 e. The van der Waals surface area contributed by atoms with Crippen molar-refractivity contribution in [3.8, 4) is 17.2 Å². The first-order valence-corrected chi connectivity index (χ1v) is 7.96. The topological polar surface area (TPSA) is 53.7 Å². The molecule has 0 spiro atoms. The van der Waals surface area contributed by atoms with E-state index in [1.807, 2.05) is 19.1 Å². The molecule has 1 aromatic rings. The monoisotopic (exact) mass is 295 g/mol. The van der Waals surface area contributed by atoms with Crippen LogP contribution in [-0.2, 0) is 0 Å². The van der Waals surface area contributed by atoms with Gasteiger partial charge in [-0.1, -0.05) is 20.8 Å². The van der Waals surface area contributed by atoms with Gasteiger partial charge in [0.05, 0.1) is 19.8 Å². The van der Waals surface area contributed by atoms with Crippen LogP contribution in [-0.4, -0.2) is 19.8 Å². The molecule has 0 aliphatic heterocycles. The zero-order chi connectivity index (χ0) is 15.7. The molecule has 1 unspecified atom stereocenters. The van der Waals surface area contributed by atoms with Crippen molar-refractivity contribution in [2.75, 3.05) is 19.8 Å². The Balaban J connectivity index is 3.19. The molecular formula is C17H29NO3. The van der Waals surface area contributed by atoms with Crippen LogP contribution in [0.2, 0.25) is 0 Å². The van der Waals surface area contributed by atoms with Gasteiger partial charge in [0, 0.05) is 11.6 Å². The van der Waals surface area contributed by atoms with Crippen LogP contribution in [0.4, 0.5) is 0 Å². The maximum absolute atomic E-state index is 6.06. The third-order valence-electron chi connectivity index (χ3n) is 2.96. The quantitative estimate of drug-likeness (QED) is 0.707. The zero-order valence-electron chi connectivity index (χ0n) is 13.8. The number of hydrogen-bond acceptors (Lipinski definition) is 4. The second kappa shape index (κ2) is 9.50. The summed E-state index contributed by atoms with van der Waals surface area (Å²) in [6.07, 6.45) is 2.82. The summed E-state index contributed by atoms with van der Waals surface area (Å²) in [4.78, 5) is 0. The average Bonchev–Trinajstić information content (AvgIpc) is 2.48. The highest BCUT2D eigenvalue weighted by molar-refractivity contribution is 5.56. The lowest BCUT2D eigenvalue weighted by atomic mass is 10.1. The molecule has 0 fully saturated rings. The summed E-state index contributed by atoms with van der Waals surface area (Å²) in [6.45, 7) is 10.1. The number of rotatable bonds is 10. The Morgan fingerprint density at radius 1 is 0.857 bits per heavy atom. The van der Waals surface area contributed by atoms with Crippen molar-refractivity contribution in [3.63, 3.8) is 0 Å². The van der Waals surface area contributed by atoms with Crippen LogP contribution in [0.1, 0.15) is 58.6 Å².